The normalized spacial score (nSPS) is 11.2. The Balaban J connectivity index is 2.91. The van der Waals surface area contributed by atoms with Crippen molar-refractivity contribution in [3.05, 3.63) is 29.3 Å². The zero-order chi connectivity index (χ0) is 13.9. The van der Waals surface area contributed by atoms with Crippen LogP contribution >= 0.6 is 0 Å². The van der Waals surface area contributed by atoms with Crippen molar-refractivity contribution >= 4 is 5.91 Å². The van der Waals surface area contributed by atoms with E-state index in [1.807, 2.05) is 13.0 Å². The molecule has 4 nitrogen and oxygen atoms in total. The Kier molecular flexibility index (Phi) is 4.35. The Morgan fingerprint density at radius 3 is 2.50 bits per heavy atom. The van der Waals surface area contributed by atoms with E-state index >= 15 is 0 Å². The lowest BCUT2D eigenvalue weighted by molar-refractivity contribution is 0.0282. The summed E-state index contributed by atoms with van der Waals surface area (Å²) in [6.07, 6.45) is 0. The number of benzene rings is 1. The van der Waals surface area contributed by atoms with Crippen molar-refractivity contribution < 1.29 is 14.6 Å². The lowest BCUT2D eigenvalue weighted by Gasteiger charge is -2.19. The smallest absolute Gasteiger partial charge is 0.253 e. The van der Waals surface area contributed by atoms with Crippen LogP contribution in [0.4, 0.5) is 0 Å². The van der Waals surface area contributed by atoms with E-state index in [-0.39, 0.29) is 12.5 Å². The summed E-state index contributed by atoms with van der Waals surface area (Å²) in [5.74, 6) is 0.563. The lowest BCUT2D eigenvalue weighted by Crippen LogP contribution is -2.28. The molecule has 0 aliphatic heterocycles. The van der Waals surface area contributed by atoms with Gasteiger partial charge in [0.25, 0.3) is 5.91 Å². The molecule has 0 aromatic heterocycles. The predicted octanol–water partition coefficient (Wildman–Crippen LogP) is 1.85. The van der Waals surface area contributed by atoms with Crippen LogP contribution in [-0.2, 0) is 0 Å². The highest BCUT2D eigenvalue weighted by Gasteiger charge is 2.15. The van der Waals surface area contributed by atoms with Crippen LogP contribution in [0.25, 0.3) is 0 Å². The van der Waals surface area contributed by atoms with Gasteiger partial charge in [0.2, 0.25) is 0 Å². The molecule has 0 saturated carbocycles. The SMILES string of the molecule is Cc1ccc(C(=O)N(C)C)cc1OCC(C)(C)O. The molecule has 0 aliphatic rings. The number of carbonyl (C=O) groups is 1. The molecule has 18 heavy (non-hydrogen) atoms. The molecule has 0 aliphatic carbocycles. The maximum Gasteiger partial charge on any atom is 0.253 e. The highest BCUT2D eigenvalue weighted by Crippen LogP contribution is 2.21. The number of hydrogen-bond acceptors (Lipinski definition) is 3. The first-order chi connectivity index (χ1) is 8.20. The van der Waals surface area contributed by atoms with Gasteiger partial charge in [0, 0.05) is 19.7 Å². The number of nitrogens with zero attached hydrogens (tertiary/aromatic N) is 1. The van der Waals surface area contributed by atoms with Crippen LogP contribution in [0.1, 0.15) is 29.8 Å². The van der Waals surface area contributed by atoms with E-state index in [4.69, 9.17) is 4.74 Å². The first-order valence-electron chi connectivity index (χ1n) is 5.88. The Morgan fingerprint density at radius 2 is 2.00 bits per heavy atom. The summed E-state index contributed by atoms with van der Waals surface area (Å²) in [6.45, 7) is 5.45. The van der Waals surface area contributed by atoms with Gasteiger partial charge in [-0.3, -0.25) is 4.79 Å². The van der Waals surface area contributed by atoms with Crippen LogP contribution in [-0.4, -0.2) is 42.2 Å². The standard InChI is InChI=1S/C14H21NO3/c1-10-6-7-11(13(16)15(4)5)8-12(10)18-9-14(2,3)17/h6-8,17H,9H2,1-5H3. The van der Waals surface area contributed by atoms with Crippen LogP contribution in [0.15, 0.2) is 18.2 Å². The molecule has 4 heteroatoms. The van der Waals surface area contributed by atoms with Gasteiger partial charge < -0.3 is 14.7 Å². The van der Waals surface area contributed by atoms with Gasteiger partial charge in [-0.25, -0.2) is 0 Å². The van der Waals surface area contributed by atoms with E-state index < -0.39 is 5.60 Å². The summed E-state index contributed by atoms with van der Waals surface area (Å²) in [4.78, 5) is 13.3. The van der Waals surface area contributed by atoms with Crippen molar-refractivity contribution in [3.63, 3.8) is 0 Å². The fourth-order valence-electron chi connectivity index (χ4n) is 1.40. The molecule has 0 saturated heterocycles. The molecular formula is C14H21NO3. The molecule has 1 aromatic carbocycles. The molecule has 0 radical (unpaired) electrons. The summed E-state index contributed by atoms with van der Waals surface area (Å²) in [6, 6.07) is 5.33. The van der Waals surface area contributed by atoms with Gasteiger partial charge in [-0.2, -0.15) is 0 Å². The maximum absolute atomic E-state index is 11.8. The minimum absolute atomic E-state index is 0.0666. The molecule has 0 bridgehead atoms. The first kappa shape index (κ1) is 14.5. The van der Waals surface area contributed by atoms with E-state index in [1.165, 1.54) is 4.90 Å². The lowest BCUT2D eigenvalue weighted by atomic mass is 10.1. The summed E-state index contributed by atoms with van der Waals surface area (Å²) in [7, 11) is 3.42. The summed E-state index contributed by atoms with van der Waals surface area (Å²) < 4.78 is 5.55. The number of aryl methyl sites for hydroxylation is 1. The Bertz CT molecular complexity index is 433. The van der Waals surface area contributed by atoms with Crippen molar-refractivity contribution in [1.82, 2.24) is 4.90 Å². The molecule has 0 heterocycles. The van der Waals surface area contributed by atoms with Crippen LogP contribution in [0.2, 0.25) is 0 Å². The molecule has 100 valence electrons. The number of carbonyl (C=O) groups excluding carboxylic acids is 1. The third kappa shape index (κ3) is 4.04. The third-order valence-electron chi connectivity index (χ3n) is 2.42. The zero-order valence-corrected chi connectivity index (χ0v) is 11.7. The minimum Gasteiger partial charge on any atom is -0.490 e. The quantitative estimate of drug-likeness (QED) is 0.888. The molecule has 0 spiro atoms. The van der Waals surface area contributed by atoms with Gasteiger partial charge >= 0.3 is 0 Å². The van der Waals surface area contributed by atoms with Gasteiger partial charge in [-0.05, 0) is 38.5 Å². The maximum atomic E-state index is 11.8. The van der Waals surface area contributed by atoms with E-state index in [0.29, 0.717) is 11.3 Å². The van der Waals surface area contributed by atoms with Gasteiger partial charge in [-0.1, -0.05) is 6.07 Å². The fraction of sp³-hybridized carbons (Fsp3) is 0.500. The van der Waals surface area contributed by atoms with Gasteiger partial charge in [0.15, 0.2) is 0 Å². The molecular weight excluding hydrogens is 230 g/mol. The minimum atomic E-state index is -0.895. The van der Waals surface area contributed by atoms with Crippen LogP contribution in [0.3, 0.4) is 0 Å². The first-order valence-corrected chi connectivity index (χ1v) is 5.88. The molecule has 0 atom stereocenters. The Morgan fingerprint density at radius 1 is 1.39 bits per heavy atom. The number of aliphatic hydroxyl groups is 1. The highest BCUT2D eigenvalue weighted by molar-refractivity contribution is 5.94. The molecule has 1 aromatic rings. The zero-order valence-electron chi connectivity index (χ0n) is 11.7. The van der Waals surface area contributed by atoms with Crippen LogP contribution < -0.4 is 4.74 Å². The number of hydrogen-bond donors (Lipinski definition) is 1. The monoisotopic (exact) mass is 251 g/mol. The summed E-state index contributed by atoms with van der Waals surface area (Å²) in [5, 5.41) is 9.64. The Labute approximate surface area is 108 Å². The van der Waals surface area contributed by atoms with Gasteiger partial charge in [0.05, 0.1) is 5.60 Å². The van der Waals surface area contributed by atoms with Crippen LogP contribution in [0, 0.1) is 6.92 Å². The summed E-state index contributed by atoms with van der Waals surface area (Å²) in [5.41, 5.74) is 0.625. The molecule has 1 N–H and O–H groups in total. The largest absolute Gasteiger partial charge is 0.490 e. The number of rotatable bonds is 4. The molecule has 0 fully saturated rings. The topological polar surface area (TPSA) is 49.8 Å². The van der Waals surface area contributed by atoms with Crippen molar-refractivity contribution in [2.24, 2.45) is 0 Å². The second kappa shape index (κ2) is 5.40. The van der Waals surface area contributed by atoms with Gasteiger partial charge in [-0.15, -0.1) is 0 Å². The highest BCUT2D eigenvalue weighted by atomic mass is 16.5. The third-order valence-corrected chi connectivity index (χ3v) is 2.42. The Hall–Kier alpha value is -1.55. The molecule has 0 unspecified atom stereocenters. The average molecular weight is 251 g/mol. The van der Waals surface area contributed by atoms with Crippen molar-refractivity contribution in [2.75, 3.05) is 20.7 Å². The number of ether oxygens (including phenoxy) is 1. The second-order valence-electron chi connectivity index (χ2n) is 5.28. The van der Waals surface area contributed by atoms with E-state index in [1.54, 1.807) is 40.1 Å². The predicted molar refractivity (Wildman–Crippen MR) is 71.0 cm³/mol. The van der Waals surface area contributed by atoms with E-state index in [9.17, 15) is 9.90 Å². The molecule has 1 rings (SSSR count). The fourth-order valence-corrected chi connectivity index (χ4v) is 1.40. The van der Waals surface area contributed by atoms with Gasteiger partial charge in [0.1, 0.15) is 12.4 Å². The van der Waals surface area contributed by atoms with Crippen molar-refractivity contribution in [1.29, 1.82) is 0 Å². The van der Waals surface area contributed by atoms with E-state index in [2.05, 4.69) is 0 Å². The van der Waals surface area contributed by atoms with Crippen molar-refractivity contribution in [3.8, 4) is 5.75 Å². The van der Waals surface area contributed by atoms with Crippen LogP contribution in [0.5, 0.6) is 5.75 Å². The second-order valence-corrected chi connectivity index (χ2v) is 5.28. The van der Waals surface area contributed by atoms with Crippen molar-refractivity contribution in [2.45, 2.75) is 26.4 Å². The molecule has 1 amide bonds. The summed E-state index contributed by atoms with van der Waals surface area (Å²) >= 11 is 0. The average Bonchev–Trinajstić information content (AvgIpc) is 2.25. The number of amides is 1. The van der Waals surface area contributed by atoms with E-state index in [0.717, 1.165) is 5.56 Å².